The number of likely N-dealkylation sites (tertiary alicyclic amines) is 1. The van der Waals surface area contributed by atoms with E-state index in [1.165, 1.54) is 5.56 Å². The molecule has 0 unspecified atom stereocenters. The number of carbonyl (C=O) groups is 2. The molecule has 2 aromatic rings. The number of carbonyl (C=O) groups excluding carboxylic acids is 2. The summed E-state index contributed by atoms with van der Waals surface area (Å²) in [6.07, 6.45) is 1.41. The number of anilines is 1. The maximum atomic E-state index is 12.5. The predicted octanol–water partition coefficient (Wildman–Crippen LogP) is 4.62. The van der Waals surface area contributed by atoms with Crippen LogP contribution in [0.1, 0.15) is 32.3 Å². The Morgan fingerprint density at radius 3 is 2.04 bits per heavy atom. The second kappa shape index (κ2) is 8.91. The van der Waals surface area contributed by atoms with Crippen molar-refractivity contribution >= 4 is 17.5 Å². The Morgan fingerprint density at radius 2 is 1.50 bits per heavy atom. The number of piperidine rings is 1. The lowest BCUT2D eigenvalue weighted by Crippen LogP contribution is -2.43. The van der Waals surface area contributed by atoms with Crippen LogP contribution >= 0.6 is 0 Å². The summed E-state index contributed by atoms with van der Waals surface area (Å²) in [5, 5.41) is 2.98. The monoisotopic (exact) mass is 380 g/mol. The van der Waals surface area contributed by atoms with E-state index >= 15 is 0 Å². The number of hydrogen-bond donors (Lipinski definition) is 1. The molecule has 28 heavy (non-hydrogen) atoms. The number of amides is 2. The Morgan fingerprint density at radius 1 is 0.964 bits per heavy atom. The maximum Gasteiger partial charge on any atom is 0.227 e. The van der Waals surface area contributed by atoms with Crippen LogP contribution in [0.4, 0.5) is 5.69 Å². The lowest BCUT2D eigenvalue weighted by atomic mass is 9.95. The number of rotatable bonds is 5. The average molecular weight is 380 g/mol. The number of ether oxygens (including phenoxy) is 1. The molecule has 1 N–H and O–H groups in total. The third-order valence-corrected chi connectivity index (χ3v) is 5.05. The molecule has 3 rings (SSSR count). The standard InChI is InChI=1S/C23H28N2O3/c1-16(2)23(27)25-14-12-18(13-15-25)22(26)24-19-6-10-21(11-7-19)28-20-8-4-17(3)5-9-20/h4-11,16,18H,12-15H2,1-3H3,(H,24,26). The van der Waals surface area contributed by atoms with Crippen molar-refractivity contribution in [2.75, 3.05) is 18.4 Å². The van der Waals surface area contributed by atoms with Gasteiger partial charge in [0.25, 0.3) is 0 Å². The van der Waals surface area contributed by atoms with E-state index in [1.54, 1.807) is 0 Å². The molecule has 1 heterocycles. The smallest absolute Gasteiger partial charge is 0.227 e. The van der Waals surface area contributed by atoms with Crippen molar-refractivity contribution in [2.45, 2.75) is 33.6 Å². The third-order valence-electron chi connectivity index (χ3n) is 5.05. The van der Waals surface area contributed by atoms with Gasteiger partial charge in [0, 0.05) is 30.6 Å². The lowest BCUT2D eigenvalue weighted by molar-refractivity contribution is -0.137. The molecule has 0 aliphatic carbocycles. The van der Waals surface area contributed by atoms with Gasteiger partial charge in [0.2, 0.25) is 11.8 Å². The summed E-state index contributed by atoms with van der Waals surface area (Å²) in [6.45, 7) is 7.16. The Balaban J connectivity index is 1.51. The molecule has 0 radical (unpaired) electrons. The number of hydrogen-bond acceptors (Lipinski definition) is 3. The van der Waals surface area contributed by atoms with Crippen molar-refractivity contribution < 1.29 is 14.3 Å². The fourth-order valence-electron chi connectivity index (χ4n) is 3.32. The fourth-order valence-corrected chi connectivity index (χ4v) is 3.32. The third kappa shape index (κ3) is 5.12. The molecule has 1 saturated heterocycles. The molecule has 0 aromatic heterocycles. The fraction of sp³-hybridized carbons (Fsp3) is 0.391. The van der Waals surface area contributed by atoms with Gasteiger partial charge < -0.3 is 15.0 Å². The molecular formula is C23H28N2O3. The van der Waals surface area contributed by atoms with Crippen molar-refractivity contribution in [1.82, 2.24) is 4.90 Å². The van der Waals surface area contributed by atoms with Crippen LogP contribution in [0, 0.1) is 18.8 Å². The van der Waals surface area contributed by atoms with Gasteiger partial charge in [-0.1, -0.05) is 31.5 Å². The van der Waals surface area contributed by atoms with E-state index in [1.807, 2.05) is 74.2 Å². The summed E-state index contributed by atoms with van der Waals surface area (Å²) < 4.78 is 5.81. The van der Waals surface area contributed by atoms with Crippen LogP contribution in [0.2, 0.25) is 0 Å². The normalized spacial score (nSPS) is 14.8. The van der Waals surface area contributed by atoms with Gasteiger partial charge in [0.15, 0.2) is 0 Å². The van der Waals surface area contributed by atoms with E-state index in [2.05, 4.69) is 5.32 Å². The Bertz CT molecular complexity index is 805. The number of nitrogens with zero attached hydrogens (tertiary/aromatic N) is 1. The topological polar surface area (TPSA) is 58.6 Å². The zero-order valence-corrected chi connectivity index (χ0v) is 16.8. The molecule has 148 valence electrons. The second-order valence-corrected chi connectivity index (χ2v) is 7.68. The highest BCUT2D eigenvalue weighted by Crippen LogP contribution is 2.25. The van der Waals surface area contributed by atoms with Crippen LogP contribution in [0.15, 0.2) is 48.5 Å². The first kappa shape index (κ1) is 19.9. The first-order chi connectivity index (χ1) is 13.4. The minimum absolute atomic E-state index is 0.00557. The van der Waals surface area contributed by atoms with Crippen LogP contribution in [0.3, 0.4) is 0 Å². The van der Waals surface area contributed by atoms with Crippen LogP contribution < -0.4 is 10.1 Å². The van der Waals surface area contributed by atoms with E-state index in [0.717, 1.165) is 17.2 Å². The van der Waals surface area contributed by atoms with E-state index in [4.69, 9.17) is 4.74 Å². The van der Waals surface area contributed by atoms with Gasteiger partial charge in [0.1, 0.15) is 11.5 Å². The number of nitrogens with one attached hydrogen (secondary N) is 1. The van der Waals surface area contributed by atoms with Gasteiger partial charge in [-0.25, -0.2) is 0 Å². The van der Waals surface area contributed by atoms with Gasteiger partial charge in [0.05, 0.1) is 0 Å². The first-order valence-corrected chi connectivity index (χ1v) is 9.86. The molecule has 0 atom stereocenters. The van der Waals surface area contributed by atoms with E-state index in [0.29, 0.717) is 25.9 Å². The minimum Gasteiger partial charge on any atom is -0.457 e. The predicted molar refractivity (Wildman–Crippen MR) is 110 cm³/mol. The summed E-state index contributed by atoms with van der Waals surface area (Å²) in [5.74, 6) is 1.64. The summed E-state index contributed by atoms with van der Waals surface area (Å²) in [5.41, 5.74) is 1.94. The van der Waals surface area contributed by atoms with Gasteiger partial charge in [-0.2, -0.15) is 0 Å². The largest absolute Gasteiger partial charge is 0.457 e. The zero-order valence-electron chi connectivity index (χ0n) is 16.8. The molecule has 1 aliphatic rings. The molecule has 5 nitrogen and oxygen atoms in total. The molecule has 1 aliphatic heterocycles. The molecule has 0 saturated carbocycles. The van der Waals surface area contributed by atoms with Crippen LogP contribution in [0.5, 0.6) is 11.5 Å². The summed E-state index contributed by atoms with van der Waals surface area (Å²) in [6, 6.07) is 15.3. The minimum atomic E-state index is -0.0558. The van der Waals surface area contributed by atoms with E-state index in [-0.39, 0.29) is 23.7 Å². The molecular weight excluding hydrogens is 352 g/mol. The van der Waals surface area contributed by atoms with E-state index < -0.39 is 0 Å². The summed E-state index contributed by atoms with van der Waals surface area (Å²) >= 11 is 0. The molecule has 2 amide bonds. The van der Waals surface area contributed by atoms with Gasteiger partial charge in [-0.15, -0.1) is 0 Å². The van der Waals surface area contributed by atoms with Crippen molar-refractivity contribution in [1.29, 1.82) is 0 Å². The Kier molecular flexibility index (Phi) is 6.34. The molecule has 0 spiro atoms. The Hall–Kier alpha value is -2.82. The molecule has 0 bridgehead atoms. The second-order valence-electron chi connectivity index (χ2n) is 7.68. The molecule has 5 heteroatoms. The van der Waals surface area contributed by atoms with E-state index in [9.17, 15) is 9.59 Å². The lowest BCUT2D eigenvalue weighted by Gasteiger charge is -2.32. The van der Waals surface area contributed by atoms with Crippen molar-refractivity contribution in [3.05, 3.63) is 54.1 Å². The van der Waals surface area contributed by atoms with Crippen molar-refractivity contribution in [3.8, 4) is 11.5 Å². The SMILES string of the molecule is Cc1ccc(Oc2ccc(NC(=O)C3CCN(C(=O)C(C)C)CC3)cc2)cc1. The maximum absolute atomic E-state index is 12.5. The molecule has 1 fully saturated rings. The summed E-state index contributed by atoms with van der Waals surface area (Å²) in [4.78, 5) is 26.5. The molecule has 2 aromatic carbocycles. The van der Waals surface area contributed by atoms with Crippen molar-refractivity contribution in [3.63, 3.8) is 0 Å². The van der Waals surface area contributed by atoms with Crippen LogP contribution in [-0.4, -0.2) is 29.8 Å². The highest BCUT2D eigenvalue weighted by Gasteiger charge is 2.28. The quantitative estimate of drug-likeness (QED) is 0.823. The highest BCUT2D eigenvalue weighted by atomic mass is 16.5. The first-order valence-electron chi connectivity index (χ1n) is 9.86. The Labute approximate surface area is 166 Å². The van der Waals surface area contributed by atoms with Crippen LogP contribution in [0.25, 0.3) is 0 Å². The van der Waals surface area contributed by atoms with Crippen molar-refractivity contribution in [2.24, 2.45) is 11.8 Å². The van der Waals surface area contributed by atoms with Gasteiger partial charge in [-0.3, -0.25) is 9.59 Å². The van der Waals surface area contributed by atoms with Crippen LogP contribution in [-0.2, 0) is 9.59 Å². The van der Waals surface area contributed by atoms with Gasteiger partial charge in [-0.05, 0) is 56.2 Å². The number of benzene rings is 2. The zero-order chi connectivity index (χ0) is 20.1. The number of aryl methyl sites for hydroxylation is 1. The highest BCUT2D eigenvalue weighted by molar-refractivity contribution is 5.92. The van der Waals surface area contributed by atoms with Gasteiger partial charge >= 0.3 is 0 Å². The average Bonchev–Trinajstić information content (AvgIpc) is 2.70. The summed E-state index contributed by atoms with van der Waals surface area (Å²) in [7, 11) is 0.